The molecule has 0 radical (unpaired) electrons. The van der Waals surface area contributed by atoms with E-state index >= 15 is 0 Å². The fourth-order valence-corrected chi connectivity index (χ4v) is 6.15. The summed E-state index contributed by atoms with van der Waals surface area (Å²) in [6.45, 7) is 1.36. The van der Waals surface area contributed by atoms with E-state index < -0.39 is 10.0 Å². The highest BCUT2D eigenvalue weighted by Crippen LogP contribution is 2.37. The lowest BCUT2D eigenvalue weighted by atomic mass is 9.84. The molecule has 0 aromatic heterocycles. The summed E-state index contributed by atoms with van der Waals surface area (Å²) in [6, 6.07) is 7.50. The number of nitrogens with one attached hydrogen (secondary N) is 1. The second-order valence-corrected chi connectivity index (χ2v) is 9.92. The van der Waals surface area contributed by atoms with E-state index in [0.29, 0.717) is 49.0 Å². The third-order valence-corrected chi connectivity index (χ3v) is 8.01. The number of benzene rings is 1. The Morgan fingerprint density at radius 1 is 1.07 bits per heavy atom. The summed E-state index contributed by atoms with van der Waals surface area (Å²) in [6.07, 6.45) is 6.87. The second-order valence-electron chi connectivity index (χ2n) is 7.57. The molecule has 0 atom stereocenters. The van der Waals surface area contributed by atoms with Gasteiger partial charge in [0, 0.05) is 31.3 Å². The van der Waals surface area contributed by atoms with Gasteiger partial charge in [-0.1, -0.05) is 37.5 Å². The van der Waals surface area contributed by atoms with Crippen molar-refractivity contribution < 1.29 is 13.2 Å². The van der Waals surface area contributed by atoms with Crippen LogP contribution in [0.15, 0.2) is 29.2 Å². The van der Waals surface area contributed by atoms with Crippen LogP contribution in [0.5, 0.6) is 0 Å². The first-order chi connectivity index (χ1) is 13.0. The van der Waals surface area contributed by atoms with Crippen molar-refractivity contribution in [2.75, 3.05) is 25.4 Å². The molecule has 2 aliphatic rings. The van der Waals surface area contributed by atoms with Gasteiger partial charge in [-0.3, -0.25) is 4.79 Å². The normalized spacial score (nSPS) is 20.5. The summed E-state index contributed by atoms with van der Waals surface area (Å²) in [5, 5.41) is 2.86. The van der Waals surface area contributed by atoms with Crippen LogP contribution in [0, 0.1) is 5.92 Å². The molecule has 0 unspecified atom stereocenters. The highest BCUT2D eigenvalue weighted by molar-refractivity contribution is 7.89. The summed E-state index contributed by atoms with van der Waals surface area (Å²) in [5.74, 6) is 0.861. The zero-order chi connectivity index (χ0) is 19.3. The molecule has 1 aromatic rings. The molecule has 1 amide bonds. The minimum atomic E-state index is -3.52. The Balaban J connectivity index is 1.72. The molecular weight excluding hydrogens is 380 g/mol. The molecule has 3 rings (SSSR count). The highest BCUT2D eigenvalue weighted by atomic mass is 32.2. The van der Waals surface area contributed by atoms with Gasteiger partial charge < -0.3 is 5.32 Å². The standard InChI is InChI=1S/C20H30N2O3S2/c23-20(21-12-15-26)17-10-13-22(14-11-17)27(24,25)19-9-5-4-8-18(19)16-6-2-1-3-7-16/h4-5,8-9,16-17,26H,1-3,6-7,10-15H2,(H,21,23). The second kappa shape index (κ2) is 9.43. The van der Waals surface area contributed by atoms with Crippen LogP contribution < -0.4 is 5.32 Å². The number of sulfonamides is 1. The number of thiol groups is 1. The first-order valence-corrected chi connectivity index (χ1v) is 12.1. The van der Waals surface area contributed by atoms with Crippen molar-refractivity contribution in [3.05, 3.63) is 29.8 Å². The maximum atomic E-state index is 13.3. The minimum Gasteiger partial charge on any atom is -0.355 e. The van der Waals surface area contributed by atoms with Crippen LogP contribution in [-0.4, -0.2) is 44.0 Å². The lowest BCUT2D eigenvalue weighted by Crippen LogP contribution is -2.43. The summed E-state index contributed by atoms with van der Waals surface area (Å²) >= 11 is 4.10. The molecule has 1 saturated heterocycles. The third-order valence-electron chi connectivity index (χ3n) is 5.82. The van der Waals surface area contributed by atoms with Crippen LogP contribution >= 0.6 is 12.6 Å². The van der Waals surface area contributed by atoms with E-state index in [4.69, 9.17) is 0 Å². The van der Waals surface area contributed by atoms with Gasteiger partial charge in [-0.05, 0) is 43.2 Å². The number of hydrogen-bond donors (Lipinski definition) is 2. The molecule has 1 aliphatic carbocycles. The lowest BCUT2D eigenvalue weighted by Gasteiger charge is -2.32. The Kier molecular flexibility index (Phi) is 7.22. The van der Waals surface area contributed by atoms with Gasteiger partial charge >= 0.3 is 0 Å². The average molecular weight is 411 g/mol. The van der Waals surface area contributed by atoms with Gasteiger partial charge in [-0.2, -0.15) is 16.9 Å². The highest BCUT2D eigenvalue weighted by Gasteiger charge is 2.34. The molecule has 1 aliphatic heterocycles. The fraction of sp³-hybridized carbons (Fsp3) is 0.650. The SMILES string of the molecule is O=C(NCCS)C1CCN(S(=O)(=O)c2ccccc2C2CCCCC2)CC1. The van der Waals surface area contributed by atoms with E-state index in [1.165, 1.54) is 19.3 Å². The molecule has 1 aromatic carbocycles. The van der Waals surface area contributed by atoms with E-state index in [2.05, 4.69) is 17.9 Å². The van der Waals surface area contributed by atoms with Crippen molar-refractivity contribution in [2.45, 2.75) is 55.8 Å². The molecule has 0 bridgehead atoms. The van der Waals surface area contributed by atoms with Gasteiger partial charge in [0.15, 0.2) is 0 Å². The van der Waals surface area contributed by atoms with Crippen LogP contribution in [0.4, 0.5) is 0 Å². The lowest BCUT2D eigenvalue weighted by molar-refractivity contribution is -0.125. The number of nitrogens with zero attached hydrogens (tertiary/aromatic N) is 1. The Bertz CT molecular complexity index is 737. The van der Waals surface area contributed by atoms with E-state index in [1.54, 1.807) is 10.4 Å². The number of piperidine rings is 1. The molecule has 150 valence electrons. The summed E-state index contributed by atoms with van der Waals surface area (Å²) in [7, 11) is -3.52. The van der Waals surface area contributed by atoms with Gasteiger partial charge in [-0.25, -0.2) is 8.42 Å². The van der Waals surface area contributed by atoms with Crippen molar-refractivity contribution in [1.82, 2.24) is 9.62 Å². The molecule has 5 nitrogen and oxygen atoms in total. The zero-order valence-corrected chi connectivity index (χ0v) is 17.5. The van der Waals surface area contributed by atoms with E-state index in [9.17, 15) is 13.2 Å². The number of hydrogen-bond acceptors (Lipinski definition) is 4. The number of rotatable bonds is 6. The van der Waals surface area contributed by atoms with E-state index in [1.807, 2.05) is 18.2 Å². The van der Waals surface area contributed by atoms with Crippen molar-refractivity contribution in [2.24, 2.45) is 5.92 Å². The van der Waals surface area contributed by atoms with Crippen molar-refractivity contribution in [3.8, 4) is 0 Å². The van der Waals surface area contributed by atoms with Gasteiger partial charge in [0.25, 0.3) is 0 Å². The van der Waals surface area contributed by atoms with Crippen LogP contribution in [0.1, 0.15) is 56.4 Å². The fourth-order valence-electron chi connectivity index (χ4n) is 4.29. The number of carbonyl (C=O) groups is 1. The molecule has 0 spiro atoms. The summed E-state index contributed by atoms with van der Waals surface area (Å²) in [4.78, 5) is 12.6. The predicted molar refractivity (Wildman–Crippen MR) is 111 cm³/mol. The molecule has 2 fully saturated rings. The molecular formula is C20H30N2O3S2. The molecule has 27 heavy (non-hydrogen) atoms. The topological polar surface area (TPSA) is 66.5 Å². The zero-order valence-electron chi connectivity index (χ0n) is 15.8. The molecule has 1 heterocycles. The first kappa shape index (κ1) is 20.7. The average Bonchev–Trinajstić information content (AvgIpc) is 2.72. The Morgan fingerprint density at radius 2 is 1.74 bits per heavy atom. The smallest absolute Gasteiger partial charge is 0.243 e. The maximum absolute atomic E-state index is 13.3. The first-order valence-electron chi connectivity index (χ1n) is 10.0. The quantitative estimate of drug-likeness (QED) is 0.708. The third kappa shape index (κ3) is 4.87. The van der Waals surface area contributed by atoms with Crippen LogP contribution in [0.3, 0.4) is 0 Å². The van der Waals surface area contributed by atoms with E-state index in [-0.39, 0.29) is 11.8 Å². The molecule has 1 N–H and O–H groups in total. The Labute approximate surface area is 168 Å². The van der Waals surface area contributed by atoms with E-state index in [0.717, 1.165) is 18.4 Å². The maximum Gasteiger partial charge on any atom is 0.243 e. The Hall–Kier alpha value is -1.05. The van der Waals surface area contributed by atoms with Gasteiger partial charge in [0.2, 0.25) is 15.9 Å². The number of carbonyl (C=O) groups excluding carboxylic acids is 1. The summed E-state index contributed by atoms with van der Waals surface area (Å²) < 4.78 is 28.2. The van der Waals surface area contributed by atoms with Gasteiger partial charge in [-0.15, -0.1) is 0 Å². The molecule has 1 saturated carbocycles. The van der Waals surface area contributed by atoms with Crippen LogP contribution in [0.25, 0.3) is 0 Å². The number of amides is 1. The van der Waals surface area contributed by atoms with Gasteiger partial charge in [0.05, 0.1) is 4.90 Å². The van der Waals surface area contributed by atoms with Crippen molar-refractivity contribution in [1.29, 1.82) is 0 Å². The largest absolute Gasteiger partial charge is 0.355 e. The minimum absolute atomic E-state index is 0.0173. The van der Waals surface area contributed by atoms with Crippen molar-refractivity contribution >= 4 is 28.6 Å². The molecule has 7 heteroatoms. The summed E-state index contributed by atoms with van der Waals surface area (Å²) in [5.41, 5.74) is 0.978. The van der Waals surface area contributed by atoms with Crippen LogP contribution in [0.2, 0.25) is 0 Å². The van der Waals surface area contributed by atoms with Crippen molar-refractivity contribution in [3.63, 3.8) is 0 Å². The monoisotopic (exact) mass is 410 g/mol. The predicted octanol–water partition coefficient (Wildman–Crippen LogP) is 3.18. The van der Waals surface area contributed by atoms with Gasteiger partial charge in [0.1, 0.15) is 0 Å². The Morgan fingerprint density at radius 3 is 2.41 bits per heavy atom. The van der Waals surface area contributed by atoms with Crippen LogP contribution in [-0.2, 0) is 14.8 Å².